The summed E-state index contributed by atoms with van der Waals surface area (Å²) < 4.78 is 0. The third-order valence-electron chi connectivity index (χ3n) is 2.20. The van der Waals surface area contributed by atoms with Crippen molar-refractivity contribution in [3.63, 3.8) is 0 Å². The zero-order valence-electron chi connectivity index (χ0n) is 7.83. The zero-order chi connectivity index (χ0) is 9.26. The van der Waals surface area contributed by atoms with Gasteiger partial charge in [0.25, 0.3) is 0 Å². The van der Waals surface area contributed by atoms with E-state index in [-0.39, 0.29) is 0 Å². The van der Waals surface area contributed by atoms with E-state index < -0.39 is 0 Å². The molecule has 66 valence electrons. The van der Waals surface area contributed by atoms with Gasteiger partial charge in [-0.1, -0.05) is 18.2 Å². The lowest BCUT2D eigenvalue weighted by Crippen LogP contribution is -1.80. The van der Waals surface area contributed by atoms with Crippen molar-refractivity contribution in [3.05, 3.63) is 36.2 Å². The van der Waals surface area contributed by atoms with Gasteiger partial charge in [-0.3, -0.25) is 0 Å². The molecular weight excluding hydrogens is 160 g/mol. The Hall–Kier alpha value is -1.57. The van der Waals surface area contributed by atoms with E-state index in [0.717, 1.165) is 16.9 Å². The van der Waals surface area contributed by atoms with Crippen molar-refractivity contribution in [1.82, 2.24) is 9.97 Å². The molecule has 1 aromatic heterocycles. The van der Waals surface area contributed by atoms with E-state index in [0.29, 0.717) is 0 Å². The first-order valence-electron chi connectivity index (χ1n) is 4.39. The van der Waals surface area contributed by atoms with E-state index in [1.807, 2.05) is 31.2 Å². The van der Waals surface area contributed by atoms with Crippen LogP contribution in [0.25, 0.3) is 16.6 Å². The predicted octanol–water partition coefficient (Wildman–Crippen LogP) is 2.99. The van der Waals surface area contributed by atoms with Gasteiger partial charge in [-0.25, -0.2) is 4.98 Å². The number of nitrogens with zero attached hydrogens (tertiary/aromatic N) is 1. The van der Waals surface area contributed by atoms with E-state index in [9.17, 15) is 0 Å². The van der Waals surface area contributed by atoms with Gasteiger partial charge in [-0.15, -0.1) is 0 Å². The molecule has 2 nitrogen and oxygen atoms in total. The van der Waals surface area contributed by atoms with E-state index in [1.54, 1.807) is 0 Å². The van der Waals surface area contributed by atoms with Gasteiger partial charge in [-0.05, 0) is 31.6 Å². The molecule has 1 aromatic carbocycles. The molecule has 0 atom stereocenters. The highest BCUT2D eigenvalue weighted by atomic mass is 14.9. The molecule has 0 aliphatic rings. The number of hydrogen-bond acceptors (Lipinski definition) is 1. The number of hydrogen-bond donors (Lipinski definition) is 1. The highest BCUT2D eigenvalue weighted by Gasteiger charge is 2.01. The van der Waals surface area contributed by atoms with Crippen molar-refractivity contribution in [2.45, 2.75) is 13.8 Å². The molecule has 0 saturated carbocycles. The van der Waals surface area contributed by atoms with Crippen LogP contribution in [0.2, 0.25) is 0 Å². The van der Waals surface area contributed by atoms with Crippen LogP contribution in [0, 0.1) is 0 Å². The summed E-state index contributed by atoms with van der Waals surface area (Å²) in [7, 11) is 0. The van der Waals surface area contributed by atoms with Gasteiger partial charge in [0.05, 0.1) is 11.0 Å². The Bertz CT molecular complexity index is 419. The summed E-state index contributed by atoms with van der Waals surface area (Å²) in [5.74, 6) is 0.962. The molecule has 0 amide bonds. The third-order valence-corrected chi connectivity index (χ3v) is 2.20. The monoisotopic (exact) mass is 172 g/mol. The second-order valence-electron chi connectivity index (χ2n) is 3.07. The highest BCUT2D eigenvalue weighted by Crippen LogP contribution is 2.15. The van der Waals surface area contributed by atoms with Crippen LogP contribution in [0.3, 0.4) is 0 Å². The number of fused-ring (bicyclic) bond motifs is 1. The van der Waals surface area contributed by atoms with Gasteiger partial charge in [-0.2, -0.15) is 0 Å². The first-order chi connectivity index (χ1) is 6.31. The number of aromatic amines is 1. The molecule has 1 N–H and O–H groups in total. The van der Waals surface area contributed by atoms with Gasteiger partial charge in [0.1, 0.15) is 5.82 Å². The molecule has 2 rings (SSSR count). The molecule has 0 bridgehead atoms. The standard InChI is InChI=1S/C11H12N2/c1-3-8(2)11-12-9-6-4-5-7-10(9)13-11/h3-7H,1-2H3,(H,12,13). The summed E-state index contributed by atoms with van der Waals surface area (Å²) in [6.07, 6.45) is 2.05. The maximum Gasteiger partial charge on any atom is 0.133 e. The fourth-order valence-electron chi connectivity index (χ4n) is 1.28. The van der Waals surface area contributed by atoms with Crippen LogP contribution in [-0.4, -0.2) is 9.97 Å². The van der Waals surface area contributed by atoms with E-state index in [2.05, 4.69) is 23.0 Å². The summed E-state index contributed by atoms with van der Waals surface area (Å²) in [5, 5.41) is 0. The zero-order valence-corrected chi connectivity index (χ0v) is 7.83. The molecule has 2 heteroatoms. The molecule has 0 aliphatic heterocycles. The molecule has 0 spiro atoms. The second kappa shape index (κ2) is 3.05. The highest BCUT2D eigenvalue weighted by molar-refractivity contribution is 5.78. The van der Waals surface area contributed by atoms with Crippen molar-refractivity contribution in [2.75, 3.05) is 0 Å². The average Bonchev–Trinajstić information content (AvgIpc) is 2.59. The van der Waals surface area contributed by atoms with E-state index >= 15 is 0 Å². The quantitative estimate of drug-likeness (QED) is 0.703. The van der Waals surface area contributed by atoms with Gasteiger partial charge in [0.2, 0.25) is 0 Å². The lowest BCUT2D eigenvalue weighted by Gasteiger charge is -1.90. The summed E-state index contributed by atoms with van der Waals surface area (Å²) in [6, 6.07) is 8.06. The van der Waals surface area contributed by atoms with E-state index in [4.69, 9.17) is 0 Å². The molecule has 13 heavy (non-hydrogen) atoms. The van der Waals surface area contributed by atoms with Crippen molar-refractivity contribution in [3.8, 4) is 0 Å². The first-order valence-corrected chi connectivity index (χ1v) is 4.39. The van der Waals surface area contributed by atoms with Crippen LogP contribution in [0.1, 0.15) is 19.7 Å². The Balaban J connectivity index is 2.62. The summed E-state index contributed by atoms with van der Waals surface area (Å²) >= 11 is 0. The Morgan fingerprint density at radius 1 is 1.38 bits per heavy atom. The number of imidazole rings is 1. The van der Waals surface area contributed by atoms with E-state index in [1.165, 1.54) is 5.57 Å². The molecule has 0 saturated heterocycles. The SMILES string of the molecule is CC=C(C)c1nc2ccccc2[nH]1. The van der Waals surface area contributed by atoms with Crippen molar-refractivity contribution in [1.29, 1.82) is 0 Å². The molecule has 2 aromatic rings. The first kappa shape index (κ1) is 8.05. The van der Waals surface area contributed by atoms with Crippen LogP contribution in [-0.2, 0) is 0 Å². The van der Waals surface area contributed by atoms with Crippen molar-refractivity contribution < 1.29 is 0 Å². The van der Waals surface area contributed by atoms with Gasteiger partial charge in [0, 0.05) is 0 Å². The average molecular weight is 172 g/mol. The summed E-state index contributed by atoms with van der Waals surface area (Å²) in [6.45, 7) is 4.07. The molecule has 0 aliphatic carbocycles. The Morgan fingerprint density at radius 2 is 2.15 bits per heavy atom. The summed E-state index contributed by atoms with van der Waals surface area (Å²) in [4.78, 5) is 7.73. The number of H-pyrrole nitrogens is 1. The predicted molar refractivity (Wildman–Crippen MR) is 55.4 cm³/mol. The van der Waals surface area contributed by atoms with Crippen LogP contribution in [0.15, 0.2) is 30.3 Å². The number of benzene rings is 1. The lowest BCUT2D eigenvalue weighted by atomic mass is 10.3. The Labute approximate surface area is 77.3 Å². The van der Waals surface area contributed by atoms with Crippen LogP contribution in [0.4, 0.5) is 0 Å². The van der Waals surface area contributed by atoms with Crippen LogP contribution in [0.5, 0.6) is 0 Å². The molecular formula is C11H12N2. The van der Waals surface area contributed by atoms with Gasteiger partial charge < -0.3 is 4.98 Å². The van der Waals surface area contributed by atoms with Crippen LogP contribution < -0.4 is 0 Å². The maximum absolute atomic E-state index is 4.46. The maximum atomic E-state index is 4.46. The normalized spacial score (nSPS) is 12.3. The number of para-hydroxylation sites is 2. The molecule has 0 radical (unpaired) electrons. The van der Waals surface area contributed by atoms with Crippen molar-refractivity contribution in [2.24, 2.45) is 0 Å². The van der Waals surface area contributed by atoms with Gasteiger partial charge >= 0.3 is 0 Å². The minimum atomic E-state index is 0.962. The Kier molecular flexibility index (Phi) is 1.89. The second-order valence-corrected chi connectivity index (χ2v) is 3.07. The third kappa shape index (κ3) is 1.35. The molecule has 0 fully saturated rings. The number of aromatic nitrogens is 2. The number of rotatable bonds is 1. The smallest absolute Gasteiger partial charge is 0.133 e. The molecule has 0 unspecified atom stereocenters. The fourth-order valence-corrected chi connectivity index (χ4v) is 1.28. The molecule has 1 heterocycles. The van der Waals surface area contributed by atoms with Crippen molar-refractivity contribution >= 4 is 16.6 Å². The minimum Gasteiger partial charge on any atom is -0.338 e. The lowest BCUT2D eigenvalue weighted by molar-refractivity contribution is 1.25. The Morgan fingerprint density at radius 3 is 2.85 bits per heavy atom. The fraction of sp³-hybridized carbons (Fsp3) is 0.182. The largest absolute Gasteiger partial charge is 0.338 e. The number of allylic oxidation sites excluding steroid dienone is 2. The van der Waals surface area contributed by atoms with Crippen LogP contribution >= 0.6 is 0 Å². The topological polar surface area (TPSA) is 28.7 Å². The minimum absolute atomic E-state index is 0.962. The summed E-state index contributed by atoms with van der Waals surface area (Å²) in [5.41, 5.74) is 3.30. The number of nitrogens with one attached hydrogen (secondary N) is 1. The van der Waals surface area contributed by atoms with Gasteiger partial charge in [0.15, 0.2) is 0 Å².